The number of aliphatic hydroxyl groups is 2. The Balaban J connectivity index is 3.37. The van der Waals surface area contributed by atoms with E-state index in [9.17, 15) is 19.8 Å². The van der Waals surface area contributed by atoms with Gasteiger partial charge in [-0.1, -0.05) is 321 Å². The topological polar surface area (TPSA) is 95.9 Å². The van der Waals surface area contributed by atoms with Gasteiger partial charge in [0.25, 0.3) is 0 Å². The van der Waals surface area contributed by atoms with Crippen molar-refractivity contribution < 1.29 is 24.5 Å². The van der Waals surface area contributed by atoms with Crippen LogP contribution in [0.2, 0.25) is 0 Å². The summed E-state index contributed by atoms with van der Waals surface area (Å²) in [5.74, 6) is -0.0259. The fourth-order valence-corrected chi connectivity index (χ4v) is 10.4. The number of hydrogen-bond donors (Lipinski definition) is 3. The van der Waals surface area contributed by atoms with Crippen molar-refractivity contribution >= 4 is 11.9 Å². The summed E-state index contributed by atoms with van der Waals surface area (Å²) in [5, 5.41) is 23.4. The summed E-state index contributed by atoms with van der Waals surface area (Å²) in [7, 11) is 0. The molecule has 6 nitrogen and oxygen atoms in total. The van der Waals surface area contributed by atoms with Crippen LogP contribution < -0.4 is 5.32 Å². The van der Waals surface area contributed by atoms with Crippen LogP contribution in [-0.2, 0) is 14.3 Å². The van der Waals surface area contributed by atoms with E-state index in [0.717, 1.165) is 51.4 Å². The van der Waals surface area contributed by atoms with Crippen LogP contribution in [0.5, 0.6) is 0 Å². The molecule has 2 atom stereocenters. The maximum atomic E-state index is 12.5. The molecule has 0 aromatic heterocycles. The largest absolute Gasteiger partial charge is 0.466 e. The second kappa shape index (κ2) is 62.9. The zero-order chi connectivity index (χ0) is 52.9. The summed E-state index contributed by atoms with van der Waals surface area (Å²) in [6, 6.07) is -0.542. The molecule has 0 aromatic carbocycles. The van der Waals surface area contributed by atoms with Crippen LogP contribution in [0.3, 0.4) is 0 Å². The van der Waals surface area contributed by atoms with Crippen LogP contribution in [0.15, 0.2) is 24.3 Å². The summed E-state index contributed by atoms with van der Waals surface area (Å²) < 4.78 is 5.49. The lowest BCUT2D eigenvalue weighted by atomic mass is 10.0. The van der Waals surface area contributed by atoms with E-state index >= 15 is 0 Å². The number of ether oxygens (including phenoxy) is 1. The molecule has 6 heteroatoms. The molecule has 0 spiro atoms. The monoisotopic (exact) mass is 1030 g/mol. The van der Waals surface area contributed by atoms with E-state index in [4.69, 9.17) is 4.74 Å². The van der Waals surface area contributed by atoms with Gasteiger partial charge in [-0.05, 0) is 57.8 Å². The molecule has 2 unspecified atom stereocenters. The van der Waals surface area contributed by atoms with Gasteiger partial charge in [-0.25, -0.2) is 0 Å². The maximum Gasteiger partial charge on any atom is 0.305 e. The lowest BCUT2D eigenvalue weighted by Crippen LogP contribution is -2.45. The zero-order valence-corrected chi connectivity index (χ0v) is 49.4. The van der Waals surface area contributed by atoms with Crippen molar-refractivity contribution in [3.05, 3.63) is 24.3 Å². The number of aliphatic hydroxyl groups excluding tert-OH is 2. The number of esters is 1. The van der Waals surface area contributed by atoms with Crippen LogP contribution in [0.4, 0.5) is 0 Å². The van der Waals surface area contributed by atoms with Gasteiger partial charge in [-0.2, -0.15) is 0 Å². The van der Waals surface area contributed by atoms with E-state index in [-0.39, 0.29) is 18.5 Å². The fourth-order valence-electron chi connectivity index (χ4n) is 10.4. The second-order valence-corrected chi connectivity index (χ2v) is 22.8. The van der Waals surface area contributed by atoms with Crippen molar-refractivity contribution in [2.75, 3.05) is 13.2 Å². The Kier molecular flexibility index (Phi) is 61.4. The standard InChI is InChI=1S/C67H129NO5/c1-3-5-7-9-11-13-15-17-19-27-31-35-39-43-47-51-55-59-65(70)64(63-69)68-66(71)60-56-52-48-44-40-36-32-29-25-23-21-22-24-26-30-34-38-42-46-50-54-58-62-73-67(72)61-57-53-49-45-41-37-33-28-20-18-16-14-12-10-8-6-4-2/h12,14,18,20,64-65,69-70H,3-11,13,15-17,19,21-63H2,1-2H3,(H,68,71)/b14-12-,20-18-. The molecule has 73 heavy (non-hydrogen) atoms. The molecular formula is C67H129NO5. The van der Waals surface area contributed by atoms with Gasteiger partial charge in [-0.3, -0.25) is 9.59 Å². The summed E-state index contributed by atoms with van der Waals surface area (Å²) in [6.45, 7) is 4.95. The lowest BCUT2D eigenvalue weighted by Gasteiger charge is -2.22. The predicted octanol–water partition coefficient (Wildman–Crippen LogP) is 21.0. The Morgan fingerprint density at radius 1 is 0.384 bits per heavy atom. The van der Waals surface area contributed by atoms with Gasteiger partial charge in [-0.15, -0.1) is 0 Å². The molecule has 0 radical (unpaired) electrons. The number of nitrogens with one attached hydrogen (secondary N) is 1. The minimum atomic E-state index is -0.665. The first-order valence-corrected chi connectivity index (χ1v) is 33.1. The third-order valence-corrected chi connectivity index (χ3v) is 15.5. The molecule has 0 aromatic rings. The van der Waals surface area contributed by atoms with Crippen molar-refractivity contribution in [1.82, 2.24) is 5.32 Å². The Labute approximate surface area is 456 Å². The third-order valence-electron chi connectivity index (χ3n) is 15.5. The van der Waals surface area contributed by atoms with E-state index in [1.54, 1.807) is 0 Å². The van der Waals surface area contributed by atoms with Gasteiger partial charge in [0.05, 0.1) is 25.4 Å². The first-order valence-electron chi connectivity index (χ1n) is 33.1. The Morgan fingerprint density at radius 2 is 0.685 bits per heavy atom. The van der Waals surface area contributed by atoms with Crippen LogP contribution in [0.25, 0.3) is 0 Å². The maximum absolute atomic E-state index is 12.5. The zero-order valence-electron chi connectivity index (χ0n) is 49.4. The van der Waals surface area contributed by atoms with E-state index in [1.807, 2.05) is 0 Å². The van der Waals surface area contributed by atoms with Crippen molar-refractivity contribution in [2.45, 2.75) is 379 Å². The number of amides is 1. The van der Waals surface area contributed by atoms with Gasteiger partial charge in [0, 0.05) is 12.8 Å². The minimum Gasteiger partial charge on any atom is -0.466 e. The normalized spacial score (nSPS) is 12.7. The van der Waals surface area contributed by atoms with E-state index in [2.05, 4.69) is 43.5 Å². The SMILES string of the molecule is CCCCC/C=C\C/C=C\CCCCCCCCCC(=O)OCCCCCCCCCCCCCCCCCCCCCCCCC(=O)NC(CO)C(O)CCCCCCCCCCCCCCCCCCC. The molecule has 0 saturated heterocycles. The van der Waals surface area contributed by atoms with E-state index in [1.165, 1.54) is 283 Å². The summed E-state index contributed by atoms with van der Waals surface area (Å²) >= 11 is 0. The van der Waals surface area contributed by atoms with E-state index in [0.29, 0.717) is 25.9 Å². The Bertz CT molecular complexity index is 1140. The fraction of sp³-hybridized carbons (Fsp3) is 0.910. The van der Waals surface area contributed by atoms with Crippen molar-refractivity contribution in [3.63, 3.8) is 0 Å². The molecule has 0 fully saturated rings. The van der Waals surface area contributed by atoms with Gasteiger partial charge in [0.2, 0.25) is 5.91 Å². The second-order valence-electron chi connectivity index (χ2n) is 22.8. The quantitative estimate of drug-likeness (QED) is 0.0320. The van der Waals surface area contributed by atoms with E-state index < -0.39 is 12.1 Å². The molecule has 0 aliphatic rings. The van der Waals surface area contributed by atoms with Gasteiger partial charge in [0.1, 0.15) is 0 Å². The lowest BCUT2D eigenvalue weighted by molar-refractivity contribution is -0.143. The highest BCUT2D eigenvalue weighted by molar-refractivity contribution is 5.76. The molecule has 3 N–H and O–H groups in total. The number of carbonyl (C=O) groups is 2. The highest BCUT2D eigenvalue weighted by Gasteiger charge is 2.20. The molecule has 1 amide bonds. The van der Waals surface area contributed by atoms with Crippen LogP contribution in [0, 0.1) is 0 Å². The number of unbranched alkanes of at least 4 members (excludes halogenated alkanes) is 47. The first-order chi connectivity index (χ1) is 36.0. The molecule has 0 aliphatic heterocycles. The molecular weight excluding hydrogens is 899 g/mol. The van der Waals surface area contributed by atoms with Crippen LogP contribution >= 0.6 is 0 Å². The summed E-state index contributed by atoms with van der Waals surface area (Å²) in [4.78, 5) is 24.6. The Hall–Kier alpha value is -1.66. The third kappa shape index (κ3) is 59.4. The molecule has 0 bridgehead atoms. The highest BCUT2D eigenvalue weighted by atomic mass is 16.5. The number of allylic oxidation sites excluding steroid dienone is 4. The van der Waals surface area contributed by atoms with Gasteiger partial charge < -0.3 is 20.3 Å². The van der Waals surface area contributed by atoms with Crippen LogP contribution in [-0.4, -0.2) is 47.4 Å². The molecule has 0 saturated carbocycles. The Morgan fingerprint density at radius 3 is 1.07 bits per heavy atom. The molecule has 0 heterocycles. The number of hydrogen-bond acceptors (Lipinski definition) is 5. The summed E-state index contributed by atoms with van der Waals surface area (Å²) in [6.07, 6.45) is 77.7. The molecule has 432 valence electrons. The summed E-state index contributed by atoms with van der Waals surface area (Å²) in [5.41, 5.74) is 0. The number of carbonyl (C=O) groups excluding carboxylic acids is 2. The molecule has 0 rings (SSSR count). The average molecular weight is 1030 g/mol. The van der Waals surface area contributed by atoms with Crippen molar-refractivity contribution in [3.8, 4) is 0 Å². The van der Waals surface area contributed by atoms with Crippen molar-refractivity contribution in [2.24, 2.45) is 0 Å². The van der Waals surface area contributed by atoms with Crippen molar-refractivity contribution in [1.29, 1.82) is 0 Å². The smallest absolute Gasteiger partial charge is 0.305 e. The minimum absolute atomic E-state index is 0.00622. The van der Waals surface area contributed by atoms with Crippen LogP contribution in [0.1, 0.15) is 367 Å². The number of rotatable bonds is 62. The van der Waals surface area contributed by atoms with Gasteiger partial charge >= 0.3 is 5.97 Å². The molecule has 0 aliphatic carbocycles. The highest BCUT2D eigenvalue weighted by Crippen LogP contribution is 2.18. The predicted molar refractivity (Wildman–Crippen MR) is 320 cm³/mol. The first kappa shape index (κ1) is 71.3. The average Bonchev–Trinajstić information content (AvgIpc) is 3.39. The van der Waals surface area contributed by atoms with Gasteiger partial charge in [0.15, 0.2) is 0 Å².